The van der Waals surface area contributed by atoms with Gasteiger partial charge in [0.05, 0.1) is 11.0 Å². The Morgan fingerprint density at radius 3 is 2.43 bits per heavy atom. The molecule has 0 fully saturated rings. The molecule has 3 N–H and O–H groups in total. The molecule has 1 aromatic heterocycles. The van der Waals surface area contributed by atoms with Crippen molar-refractivity contribution in [3.63, 3.8) is 0 Å². The van der Waals surface area contributed by atoms with Crippen LogP contribution in [-0.2, 0) is 0 Å². The minimum atomic E-state index is 0. The molecule has 0 unspecified atom stereocenters. The summed E-state index contributed by atoms with van der Waals surface area (Å²) in [6.45, 7) is 0. The second kappa shape index (κ2) is 4.02. The van der Waals surface area contributed by atoms with Crippen LogP contribution in [0.3, 0.4) is 0 Å². The van der Waals surface area contributed by atoms with Crippen LogP contribution >= 0.6 is 12.4 Å². The van der Waals surface area contributed by atoms with E-state index in [1.807, 2.05) is 0 Å². The molecule has 0 saturated carbocycles. The molecule has 2 rings (SSSR count). The lowest BCUT2D eigenvalue weighted by Gasteiger charge is -1.99. The third-order valence-electron chi connectivity index (χ3n) is 1.78. The molecule has 0 atom stereocenters. The highest BCUT2D eigenvalue weighted by molar-refractivity contribution is 5.97. The summed E-state index contributed by atoms with van der Waals surface area (Å²) in [6, 6.07) is 5.32. The van der Waals surface area contributed by atoms with E-state index in [-0.39, 0.29) is 18.2 Å². The van der Waals surface area contributed by atoms with E-state index in [0.29, 0.717) is 5.56 Å². The van der Waals surface area contributed by atoms with Crippen LogP contribution in [0.15, 0.2) is 30.6 Å². The fourth-order valence-electron chi connectivity index (χ4n) is 1.13. The molecule has 0 radical (unpaired) electrons. The van der Waals surface area contributed by atoms with Crippen molar-refractivity contribution in [2.45, 2.75) is 0 Å². The lowest BCUT2D eigenvalue weighted by molar-refractivity contribution is 1.29. The van der Waals surface area contributed by atoms with E-state index in [0.717, 1.165) is 11.0 Å². The number of fused-ring (bicyclic) bond motifs is 1. The maximum absolute atomic E-state index is 7.24. The molecule has 0 saturated heterocycles. The highest BCUT2D eigenvalue weighted by Crippen LogP contribution is 2.09. The Labute approximate surface area is 87.1 Å². The third kappa shape index (κ3) is 1.80. The molecule has 1 aromatic carbocycles. The van der Waals surface area contributed by atoms with E-state index >= 15 is 0 Å². The molecule has 0 amide bonds. The molecular weight excluding hydrogens is 200 g/mol. The normalized spacial score (nSPS) is 9.43. The van der Waals surface area contributed by atoms with Crippen LogP contribution in [0.1, 0.15) is 5.56 Å². The van der Waals surface area contributed by atoms with Gasteiger partial charge in [0.1, 0.15) is 5.84 Å². The Balaban J connectivity index is 0.000000980. The quantitative estimate of drug-likeness (QED) is 0.549. The molecule has 72 valence electrons. The number of halogens is 1. The summed E-state index contributed by atoms with van der Waals surface area (Å²) in [4.78, 5) is 8.22. The van der Waals surface area contributed by atoms with E-state index in [1.54, 1.807) is 30.6 Å². The van der Waals surface area contributed by atoms with E-state index in [1.165, 1.54) is 0 Å². The van der Waals surface area contributed by atoms with Crippen LogP contribution in [-0.4, -0.2) is 15.8 Å². The summed E-state index contributed by atoms with van der Waals surface area (Å²) >= 11 is 0. The first-order chi connectivity index (χ1) is 6.27. The first kappa shape index (κ1) is 10.4. The van der Waals surface area contributed by atoms with Gasteiger partial charge in [-0.15, -0.1) is 12.4 Å². The predicted octanol–water partition coefficient (Wildman–Crippen LogP) is 1.34. The average Bonchev–Trinajstić information content (AvgIpc) is 2.17. The molecular formula is C9H9ClN4. The van der Waals surface area contributed by atoms with Crippen LogP contribution < -0.4 is 5.73 Å². The van der Waals surface area contributed by atoms with Crippen molar-refractivity contribution in [1.29, 1.82) is 5.41 Å². The van der Waals surface area contributed by atoms with Gasteiger partial charge in [-0.25, -0.2) is 0 Å². The van der Waals surface area contributed by atoms with E-state index in [2.05, 4.69) is 9.97 Å². The Bertz CT molecular complexity index is 469. The summed E-state index contributed by atoms with van der Waals surface area (Å²) in [7, 11) is 0. The predicted molar refractivity (Wildman–Crippen MR) is 57.8 cm³/mol. The molecule has 0 bridgehead atoms. The van der Waals surface area contributed by atoms with Crippen LogP contribution in [0, 0.1) is 5.41 Å². The SMILES string of the molecule is Cl.N=C(N)c1ccc2nccnc2c1. The number of rotatable bonds is 1. The van der Waals surface area contributed by atoms with Crippen LogP contribution in [0.5, 0.6) is 0 Å². The van der Waals surface area contributed by atoms with Gasteiger partial charge >= 0.3 is 0 Å². The second-order valence-electron chi connectivity index (χ2n) is 2.67. The topological polar surface area (TPSA) is 75.7 Å². The highest BCUT2D eigenvalue weighted by atomic mass is 35.5. The largest absolute Gasteiger partial charge is 0.384 e. The molecule has 5 heteroatoms. The zero-order chi connectivity index (χ0) is 9.26. The van der Waals surface area contributed by atoms with Gasteiger partial charge in [0, 0.05) is 18.0 Å². The van der Waals surface area contributed by atoms with Gasteiger partial charge < -0.3 is 5.73 Å². The average molecular weight is 209 g/mol. The Kier molecular flexibility index (Phi) is 2.99. The van der Waals surface area contributed by atoms with Crippen molar-refractivity contribution in [1.82, 2.24) is 9.97 Å². The fourth-order valence-corrected chi connectivity index (χ4v) is 1.13. The molecule has 14 heavy (non-hydrogen) atoms. The molecule has 2 aromatic rings. The van der Waals surface area contributed by atoms with Gasteiger partial charge in [-0.05, 0) is 18.2 Å². The molecule has 0 aliphatic carbocycles. The van der Waals surface area contributed by atoms with E-state index in [4.69, 9.17) is 11.1 Å². The van der Waals surface area contributed by atoms with Gasteiger partial charge in [-0.1, -0.05) is 0 Å². The Morgan fingerprint density at radius 2 is 1.79 bits per heavy atom. The van der Waals surface area contributed by atoms with Crippen molar-refractivity contribution >= 4 is 29.3 Å². The minimum absolute atomic E-state index is 0. The summed E-state index contributed by atoms with van der Waals surface area (Å²) in [5, 5.41) is 7.24. The summed E-state index contributed by atoms with van der Waals surface area (Å²) in [6.07, 6.45) is 3.25. The number of benzene rings is 1. The number of hydrogen-bond donors (Lipinski definition) is 2. The molecule has 1 heterocycles. The van der Waals surface area contributed by atoms with Crippen molar-refractivity contribution in [3.05, 3.63) is 36.2 Å². The van der Waals surface area contributed by atoms with Crippen LogP contribution in [0.4, 0.5) is 0 Å². The second-order valence-corrected chi connectivity index (χ2v) is 2.67. The first-order valence-corrected chi connectivity index (χ1v) is 3.82. The third-order valence-corrected chi connectivity index (χ3v) is 1.78. The number of hydrogen-bond acceptors (Lipinski definition) is 3. The zero-order valence-corrected chi connectivity index (χ0v) is 8.08. The van der Waals surface area contributed by atoms with Crippen LogP contribution in [0.25, 0.3) is 11.0 Å². The fraction of sp³-hybridized carbons (Fsp3) is 0. The lowest BCUT2D eigenvalue weighted by atomic mass is 10.2. The summed E-state index contributed by atoms with van der Waals surface area (Å²) in [5.41, 5.74) is 7.59. The zero-order valence-electron chi connectivity index (χ0n) is 7.27. The van der Waals surface area contributed by atoms with Gasteiger partial charge in [-0.3, -0.25) is 15.4 Å². The summed E-state index contributed by atoms with van der Waals surface area (Å²) in [5.74, 6) is 0.0487. The van der Waals surface area contributed by atoms with Crippen molar-refractivity contribution in [2.24, 2.45) is 5.73 Å². The number of aromatic nitrogens is 2. The standard InChI is InChI=1S/C9H8N4.ClH/c10-9(11)6-1-2-7-8(5-6)13-4-3-12-7;/h1-5H,(H3,10,11);1H. The Morgan fingerprint density at radius 1 is 1.14 bits per heavy atom. The van der Waals surface area contributed by atoms with Crippen LogP contribution in [0.2, 0.25) is 0 Å². The molecule has 0 aliphatic heterocycles. The minimum Gasteiger partial charge on any atom is -0.384 e. The molecule has 0 aliphatic rings. The lowest BCUT2D eigenvalue weighted by Crippen LogP contribution is -2.10. The molecule has 4 nitrogen and oxygen atoms in total. The highest BCUT2D eigenvalue weighted by Gasteiger charge is 1.99. The summed E-state index contributed by atoms with van der Waals surface area (Å²) < 4.78 is 0. The number of nitrogens with one attached hydrogen (secondary N) is 1. The molecule has 0 spiro atoms. The van der Waals surface area contributed by atoms with E-state index in [9.17, 15) is 0 Å². The number of nitrogen functional groups attached to an aromatic ring is 1. The Hall–Kier alpha value is -1.68. The van der Waals surface area contributed by atoms with Crippen molar-refractivity contribution < 1.29 is 0 Å². The number of nitrogens with two attached hydrogens (primary N) is 1. The maximum Gasteiger partial charge on any atom is 0.122 e. The van der Waals surface area contributed by atoms with Gasteiger partial charge in [0.15, 0.2) is 0 Å². The maximum atomic E-state index is 7.24. The monoisotopic (exact) mass is 208 g/mol. The van der Waals surface area contributed by atoms with Gasteiger partial charge in [0.25, 0.3) is 0 Å². The number of amidine groups is 1. The first-order valence-electron chi connectivity index (χ1n) is 3.82. The van der Waals surface area contributed by atoms with Crippen molar-refractivity contribution in [2.75, 3.05) is 0 Å². The van der Waals surface area contributed by atoms with Gasteiger partial charge in [-0.2, -0.15) is 0 Å². The van der Waals surface area contributed by atoms with Crippen molar-refractivity contribution in [3.8, 4) is 0 Å². The smallest absolute Gasteiger partial charge is 0.122 e. The van der Waals surface area contributed by atoms with Gasteiger partial charge in [0.2, 0.25) is 0 Å². The number of nitrogens with zero attached hydrogens (tertiary/aromatic N) is 2. The van der Waals surface area contributed by atoms with E-state index < -0.39 is 0 Å².